The third kappa shape index (κ3) is 3.89. The van der Waals surface area contributed by atoms with Gasteiger partial charge in [-0.1, -0.05) is 36.4 Å². The molecule has 7 heteroatoms. The second-order valence-electron chi connectivity index (χ2n) is 7.84. The zero-order valence-electron chi connectivity index (χ0n) is 16.4. The second kappa shape index (κ2) is 7.94. The van der Waals surface area contributed by atoms with Crippen LogP contribution in [-0.4, -0.2) is 57.3 Å². The summed E-state index contributed by atoms with van der Waals surface area (Å²) in [6, 6.07) is 16.3. The van der Waals surface area contributed by atoms with Crippen molar-refractivity contribution in [3.63, 3.8) is 0 Å². The molecule has 2 unspecified atom stereocenters. The zero-order valence-corrected chi connectivity index (χ0v) is 16.4. The fourth-order valence-corrected chi connectivity index (χ4v) is 4.26. The Kier molecular flexibility index (Phi) is 5.01. The lowest BCUT2D eigenvalue weighted by atomic mass is 10.0. The molecule has 1 aromatic carbocycles. The van der Waals surface area contributed by atoms with E-state index in [0.29, 0.717) is 0 Å². The summed E-state index contributed by atoms with van der Waals surface area (Å²) in [4.78, 5) is 22.0. The number of hydrogen-bond acceptors (Lipinski definition) is 5. The highest BCUT2D eigenvalue weighted by Gasteiger charge is 2.34. The van der Waals surface area contributed by atoms with Crippen molar-refractivity contribution in [2.45, 2.75) is 25.0 Å². The molecule has 7 nitrogen and oxygen atoms in total. The first-order chi connectivity index (χ1) is 14.3. The smallest absolute Gasteiger partial charge is 0.241 e. The van der Waals surface area contributed by atoms with E-state index in [1.54, 1.807) is 0 Å². The van der Waals surface area contributed by atoms with Gasteiger partial charge in [0.25, 0.3) is 0 Å². The molecule has 2 saturated heterocycles. The highest BCUT2D eigenvalue weighted by atomic mass is 16.2. The van der Waals surface area contributed by atoms with Gasteiger partial charge in [0.2, 0.25) is 5.91 Å². The molecule has 1 amide bonds. The standard InChI is InChI=1S/C22H26N6O/c29-22(20-14-19(24-25-20)17-6-2-1-3-7-17)27-12-10-26(11-13-27)15-18-16-28-9-5-4-8-21(28)23-18/h1-9,16,19-20,24-25H,10-15H2. The van der Waals surface area contributed by atoms with Gasteiger partial charge in [-0.05, 0) is 24.1 Å². The Hall–Kier alpha value is -2.74. The molecule has 5 rings (SSSR count). The number of hydrogen-bond donors (Lipinski definition) is 2. The molecule has 150 valence electrons. The average molecular weight is 390 g/mol. The Labute approximate surface area is 170 Å². The second-order valence-corrected chi connectivity index (χ2v) is 7.84. The van der Waals surface area contributed by atoms with E-state index < -0.39 is 0 Å². The Balaban J connectivity index is 1.14. The molecule has 2 fully saturated rings. The molecule has 0 bridgehead atoms. The summed E-state index contributed by atoms with van der Waals surface area (Å²) < 4.78 is 2.05. The Morgan fingerprint density at radius 2 is 1.79 bits per heavy atom. The number of rotatable bonds is 4. The summed E-state index contributed by atoms with van der Waals surface area (Å²) in [7, 11) is 0. The van der Waals surface area contributed by atoms with E-state index in [-0.39, 0.29) is 18.0 Å². The van der Waals surface area contributed by atoms with Crippen LogP contribution in [0.15, 0.2) is 60.9 Å². The van der Waals surface area contributed by atoms with E-state index in [1.165, 1.54) is 5.56 Å². The minimum atomic E-state index is -0.162. The zero-order chi connectivity index (χ0) is 19.6. The van der Waals surface area contributed by atoms with E-state index in [4.69, 9.17) is 0 Å². The minimum Gasteiger partial charge on any atom is -0.339 e. The van der Waals surface area contributed by atoms with Crippen LogP contribution in [0.2, 0.25) is 0 Å². The molecule has 0 saturated carbocycles. The predicted octanol–water partition coefficient (Wildman–Crippen LogP) is 1.59. The fourth-order valence-electron chi connectivity index (χ4n) is 4.26. The van der Waals surface area contributed by atoms with Crippen molar-refractivity contribution in [1.82, 2.24) is 30.0 Å². The summed E-state index contributed by atoms with van der Waals surface area (Å²) in [5.74, 6) is 0.198. The van der Waals surface area contributed by atoms with E-state index in [1.807, 2.05) is 47.5 Å². The maximum atomic E-state index is 12.9. The molecule has 0 aliphatic carbocycles. The van der Waals surface area contributed by atoms with Crippen LogP contribution in [0.5, 0.6) is 0 Å². The van der Waals surface area contributed by atoms with Crippen LogP contribution in [0.25, 0.3) is 5.65 Å². The van der Waals surface area contributed by atoms with Crippen molar-refractivity contribution in [2.24, 2.45) is 0 Å². The van der Waals surface area contributed by atoms with Crippen molar-refractivity contribution >= 4 is 11.6 Å². The van der Waals surface area contributed by atoms with Crippen LogP contribution >= 0.6 is 0 Å². The first-order valence-corrected chi connectivity index (χ1v) is 10.3. The molecular weight excluding hydrogens is 364 g/mol. The van der Waals surface area contributed by atoms with Gasteiger partial charge in [0.05, 0.1) is 5.69 Å². The number of nitrogens with one attached hydrogen (secondary N) is 2. The Bertz CT molecular complexity index is 946. The maximum Gasteiger partial charge on any atom is 0.241 e. The number of benzene rings is 1. The lowest BCUT2D eigenvalue weighted by molar-refractivity contribution is -0.135. The van der Waals surface area contributed by atoms with Gasteiger partial charge in [0.1, 0.15) is 11.7 Å². The highest BCUT2D eigenvalue weighted by molar-refractivity contribution is 5.82. The number of pyridine rings is 1. The van der Waals surface area contributed by atoms with Crippen LogP contribution < -0.4 is 10.9 Å². The topological polar surface area (TPSA) is 64.9 Å². The number of nitrogens with zero attached hydrogens (tertiary/aromatic N) is 4. The molecule has 4 heterocycles. The molecule has 3 aromatic rings. The van der Waals surface area contributed by atoms with Gasteiger partial charge in [-0.2, -0.15) is 0 Å². The first-order valence-electron chi connectivity index (χ1n) is 10.3. The van der Waals surface area contributed by atoms with Crippen LogP contribution in [0.1, 0.15) is 23.7 Å². The molecule has 2 atom stereocenters. The van der Waals surface area contributed by atoms with Crippen molar-refractivity contribution in [3.05, 3.63) is 72.2 Å². The van der Waals surface area contributed by atoms with Crippen molar-refractivity contribution in [1.29, 1.82) is 0 Å². The van der Waals surface area contributed by atoms with E-state index in [2.05, 4.69) is 43.5 Å². The number of amides is 1. The third-order valence-corrected chi connectivity index (χ3v) is 5.89. The molecular formula is C22H26N6O. The lowest BCUT2D eigenvalue weighted by Crippen LogP contribution is -2.53. The van der Waals surface area contributed by atoms with Gasteiger partial charge >= 0.3 is 0 Å². The monoisotopic (exact) mass is 390 g/mol. The number of imidazole rings is 1. The fraction of sp³-hybridized carbons (Fsp3) is 0.364. The lowest BCUT2D eigenvalue weighted by Gasteiger charge is -2.35. The summed E-state index contributed by atoms with van der Waals surface area (Å²) >= 11 is 0. The SMILES string of the molecule is O=C(C1CC(c2ccccc2)NN1)N1CCN(Cc2cn3ccccc3n2)CC1. The van der Waals surface area contributed by atoms with Crippen molar-refractivity contribution < 1.29 is 4.79 Å². The molecule has 29 heavy (non-hydrogen) atoms. The summed E-state index contributed by atoms with van der Waals surface area (Å²) in [6.45, 7) is 4.10. The van der Waals surface area contributed by atoms with Crippen molar-refractivity contribution in [2.75, 3.05) is 26.2 Å². The van der Waals surface area contributed by atoms with Crippen LogP contribution in [0.3, 0.4) is 0 Å². The third-order valence-electron chi connectivity index (χ3n) is 5.89. The maximum absolute atomic E-state index is 12.9. The van der Waals surface area contributed by atoms with E-state index >= 15 is 0 Å². The first kappa shape index (κ1) is 18.3. The average Bonchev–Trinajstić information content (AvgIpc) is 3.41. The number of carbonyl (C=O) groups excluding carboxylic acids is 1. The summed E-state index contributed by atoms with van der Waals surface area (Å²) in [5, 5.41) is 0. The van der Waals surface area contributed by atoms with Crippen LogP contribution in [0, 0.1) is 0 Å². The van der Waals surface area contributed by atoms with Gasteiger partial charge in [-0.3, -0.25) is 9.69 Å². The summed E-state index contributed by atoms with van der Waals surface area (Å²) in [6.07, 6.45) is 4.89. The van der Waals surface area contributed by atoms with Crippen LogP contribution in [-0.2, 0) is 11.3 Å². The number of aromatic nitrogens is 2. The van der Waals surface area contributed by atoms with Crippen molar-refractivity contribution in [3.8, 4) is 0 Å². The number of hydrazine groups is 1. The Morgan fingerprint density at radius 1 is 1.00 bits per heavy atom. The Morgan fingerprint density at radius 3 is 2.59 bits per heavy atom. The minimum absolute atomic E-state index is 0.162. The van der Waals surface area contributed by atoms with Gasteiger partial charge in [-0.25, -0.2) is 15.8 Å². The van der Waals surface area contributed by atoms with Gasteiger partial charge < -0.3 is 9.30 Å². The number of carbonyl (C=O) groups is 1. The quantitative estimate of drug-likeness (QED) is 0.708. The number of fused-ring (bicyclic) bond motifs is 1. The molecule has 0 radical (unpaired) electrons. The van der Waals surface area contributed by atoms with E-state index in [9.17, 15) is 4.79 Å². The van der Waals surface area contributed by atoms with Gasteiger partial charge in [0.15, 0.2) is 0 Å². The van der Waals surface area contributed by atoms with Crippen LogP contribution in [0.4, 0.5) is 0 Å². The molecule has 0 spiro atoms. The number of piperazine rings is 1. The van der Waals surface area contributed by atoms with Gasteiger partial charge in [-0.15, -0.1) is 0 Å². The summed E-state index contributed by atoms with van der Waals surface area (Å²) in [5.41, 5.74) is 9.74. The molecule has 2 aliphatic heterocycles. The normalized spacial score (nSPS) is 23.0. The molecule has 2 aliphatic rings. The molecule has 2 aromatic heterocycles. The van der Waals surface area contributed by atoms with E-state index in [0.717, 1.165) is 50.5 Å². The van der Waals surface area contributed by atoms with Gasteiger partial charge in [0, 0.05) is 51.2 Å². The molecule has 2 N–H and O–H groups in total. The predicted molar refractivity (Wildman–Crippen MR) is 111 cm³/mol. The largest absolute Gasteiger partial charge is 0.339 e. The highest BCUT2D eigenvalue weighted by Crippen LogP contribution is 2.23.